The lowest BCUT2D eigenvalue weighted by atomic mass is 10.1. The molecular formula is C20H24N2O4. The Balaban J connectivity index is 1.96. The van der Waals surface area contributed by atoms with Gasteiger partial charge in [0.1, 0.15) is 5.75 Å². The van der Waals surface area contributed by atoms with Crippen molar-refractivity contribution in [3.63, 3.8) is 0 Å². The summed E-state index contributed by atoms with van der Waals surface area (Å²) in [7, 11) is 3.13. The molecule has 0 spiro atoms. The van der Waals surface area contributed by atoms with Crippen molar-refractivity contribution in [2.24, 2.45) is 0 Å². The van der Waals surface area contributed by atoms with Crippen LogP contribution in [0.4, 0.5) is 5.69 Å². The van der Waals surface area contributed by atoms with Gasteiger partial charge in [-0.3, -0.25) is 9.59 Å². The topological polar surface area (TPSA) is 76.7 Å². The van der Waals surface area contributed by atoms with Crippen LogP contribution in [0.5, 0.6) is 5.75 Å². The molecule has 0 aliphatic heterocycles. The van der Waals surface area contributed by atoms with E-state index >= 15 is 0 Å². The van der Waals surface area contributed by atoms with E-state index in [1.807, 2.05) is 49.4 Å². The number of anilines is 1. The van der Waals surface area contributed by atoms with Crippen LogP contribution in [0, 0.1) is 0 Å². The van der Waals surface area contributed by atoms with E-state index in [4.69, 9.17) is 9.47 Å². The summed E-state index contributed by atoms with van der Waals surface area (Å²) in [6, 6.07) is 14.8. The lowest BCUT2D eigenvalue weighted by Crippen LogP contribution is -2.38. The zero-order chi connectivity index (χ0) is 18.9. The SMILES string of the molecule is CCc1ccccc1NC(=O)C(=O)NCC(OC)c1cccc(OC)c1. The minimum Gasteiger partial charge on any atom is -0.497 e. The molecule has 0 fully saturated rings. The molecule has 0 saturated carbocycles. The van der Waals surface area contributed by atoms with Gasteiger partial charge in [0.05, 0.1) is 13.2 Å². The molecule has 0 aliphatic rings. The van der Waals surface area contributed by atoms with Gasteiger partial charge < -0.3 is 20.1 Å². The highest BCUT2D eigenvalue weighted by atomic mass is 16.5. The van der Waals surface area contributed by atoms with E-state index in [-0.39, 0.29) is 12.6 Å². The van der Waals surface area contributed by atoms with Crippen LogP contribution in [0.3, 0.4) is 0 Å². The lowest BCUT2D eigenvalue weighted by Gasteiger charge is -2.17. The standard InChI is InChI=1S/C20H24N2O4/c1-4-14-8-5-6-11-17(14)22-20(24)19(23)21-13-18(26-3)15-9-7-10-16(12-15)25-2/h5-12,18H,4,13H2,1-3H3,(H,21,23)(H,22,24). The first-order valence-electron chi connectivity index (χ1n) is 8.42. The summed E-state index contributed by atoms with van der Waals surface area (Å²) in [5.41, 5.74) is 2.47. The average Bonchev–Trinajstić information content (AvgIpc) is 2.68. The monoisotopic (exact) mass is 356 g/mol. The Morgan fingerprint density at radius 3 is 2.50 bits per heavy atom. The van der Waals surface area contributed by atoms with Gasteiger partial charge in [0, 0.05) is 19.3 Å². The van der Waals surface area contributed by atoms with Crippen LogP contribution >= 0.6 is 0 Å². The number of benzene rings is 2. The summed E-state index contributed by atoms with van der Waals surface area (Å²) >= 11 is 0. The Bertz CT molecular complexity index is 761. The Morgan fingerprint density at radius 1 is 1.04 bits per heavy atom. The number of amides is 2. The van der Waals surface area contributed by atoms with Crippen molar-refractivity contribution in [2.45, 2.75) is 19.4 Å². The molecule has 0 heterocycles. The minimum atomic E-state index is -0.708. The predicted molar refractivity (Wildman–Crippen MR) is 100 cm³/mol. The highest BCUT2D eigenvalue weighted by Gasteiger charge is 2.18. The first-order chi connectivity index (χ1) is 12.6. The van der Waals surface area contributed by atoms with Crippen LogP contribution in [-0.4, -0.2) is 32.6 Å². The van der Waals surface area contributed by atoms with E-state index in [0.717, 1.165) is 17.5 Å². The van der Waals surface area contributed by atoms with E-state index in [1.165, 1.54) is 0 Å². The van der Waals surface area contributed by atoms with Crippen LogP contribution < -0.4 is 15.4 Å². The number of hydrogen-bond acceptors (Lipinski definition) is 4. The summed E-state index contributed by atoms with van der Waals surface area (Å²) in [5, 5.41) is 5.26. The normalized spacial score (nSPS) is 11.5. The number of aryl methyl sites for hydroxylation is 1. The molecule has 2 aromatic carbocycles. The van der Waals surface area contributed by atoms with Gasteiger partial charge in [-0.25, -0.2) is 0 Å². The van der Waals surface area contributed by atoms with Crippen LogP contribution in [0.15, 0.2) is 48.5 Å². The van der Waals surface area contributed by atoms with Crippen molar-refractivity contribution in [1.82, 2.24) is 5.32 Å². The van der Waals surface area contributed by atoms with Gasteiger partial charge in [0.25, 0.3) is 0 Å². The Labute approximate surface area is 153 Å². The van der Waals surface area contributed by atoms with Gasteiger partial charge >= 0.3 is 11.8 Å². The zero-order valence-electron chi connectivity index (χ0n) is 15.2. The van der Waals surface area contributed by atoms with Crippen LogP contribution in [0.1, 0.15) is 24.2 Å². The Hall–Kier alpha value is -2.86. The smallest absolute Gasteiger partial charge is 0.313 e. The van der Waals surface area contributed by atoms with Gasteiger partial charge in [-0.15, -0.1) is 0 Å². The molecule has 6 heteroatoms. The predicted octanol–water partition coefficient (Wildman–Crippen LogP) is 2.70. The zero-order valence-corrected chi connectivity index (χ0v) is 15.2. The first kappa shape index (κ1) is 19.5. The summed E-state index contributed by atoms with van der Waals surface area (Å²) in [4.78, 5) is 24.3. The van der Waals surface area contributed by atoms with Crippen molar-refractivity contribution in [3.8, 4) is 5.75 Å². The van der Waals surface area contributed by atoms with Crippen molar-refractivity contribution in [1.29, 1.82) is 0 Å². The average molecular weight is 356 g/mol. The molecule has 2 N–H and O–H groups in total. The molecule has 0 aliphatic carbocycles. The fraction of sp³-hybridized carbons (Fsp3) is 0.300. The molecule has 138 valence electrons. The van der Waals surface area contributed by atoms with Crippen molar-refractivity contribution >= 4 is 17.5 Å². The van der Waals surface area contributed by atoms with Crippen molar-refractivity contribution < 1.29 is 19.1 Å². The number of hydrogen-bond donors (Lipinski definition) is 2. The maximum Gasteiger partial charge on any atom is 0.313 e. The first-order valence-corrected chi connectivity index (χ1v) is 8.42. The molecule has 0 bridgehead atoms. The summed E-state index contributed by atoms with van der Waals surface area (Å²) in [5.74, 6) is -0.711. The second kappa shape index (κ2) is 9.58. The van der Waals surface area contributed by atoms with E-state index in [0.29, 0.717) is 11.4 Å². The number of rotatable bonds is 7. The number of ether oxygens (including phenoxy) is 2. The highest BCUT2D eigenvalue weighted by Crippen LogP contribution is 2.21. The molecule has 2 amide bonds. The third-order valence-electron chi connectivity index (χ3n) is 4.05. The van der Waals surface area contributed by atoms with E-state index in [1.54, 1.807) is 20.3 Å². The Morgan fingerprint density at radius 2 is 1.81 bits per heavy atom. The van der Waals surface area contributed by atoms with Gasteiger partial charge in [0.2, 0.25) is 0 Å². The van der Waals surface area contributed by atoms with Gasteiger partial charge in [0.15, 0.2) is 0 Å². The third kappa shape index (κ3) is 5.07. The second-order valence-electron chi connectivity index (χ2n) is 5.68. The summed E-state index contributed by atoms with van der Waals surface area (Å²) in [6.45, 7) is 2.16. The fourth-order valence-corrected chi connectivity index (χ4v) is 2.57. The van der Waals surface area contributed by atoms with E-state index in [9.17, 15) is 9.59 Å². The van der Waals surface area contributed by atoms with E-state index < -0.39 is 11.8 Å². The molecule has 6 nitrogen and oxygen atoms in total. The minimum absolute atomic E-state index is 0.172. The molecule has 0 aromatic heterocycles. The largest absolute Gasteiger partial charge is 0.497 e. The van der Waals surface area contributed by atoms with Gasteiger partial charge in [-0.05, 0) is 35.7 Å². The van der Waals surface area contributed by atoms with Crippen LogP contribution in [0.25, 0.3) is 0 Å². The van der Waals surface area contributed by atoms with E-state index in [2.05, 4.69) is 10.6 Å². The number of para-hydroxylation sites is 1. The van der Waals surface area contributed by atoms with Crippen LogP contribution in [0.2, 0.25) is 0 Å². The Kier molecular flexibility index (Phi) is 7.17. The molecule has 1 unspecified atom stereocenters. The molecule has 26 heavy (non-hydrogen) atoms. The summed E-state index contributed by atoms with van der Waals surface area (Å²) < 4.78 is 10.6. The van der Waals surface area contributed by atoms with Crippen LogP contribution in [-0.2, 0) is 20.7 Å². The van der Waals surface area contributed by atoms with Crippen molar-refractivity contribution in [3.05, 3.63) is 59.7 Å². The van der Waals surface area contributed by atoms with Gasteiger partial charge in [-0.2, -0.15) is 0 Å². The van der Waals surface area contributed by atoms with Gasteiger partial charge in [-0.1, -0.05) is 37.3 Å². The number of methoxy groups -OCH3 is 2. The maximum absolute atomic E-state index is 12.1. The number of nitrogens with one attached hydrogen (secondary N) is 2. The summed E-state index contributed by atoms with van der Waals surface area (Å²) in [6.07, 6.45) is 0.379. The quantitative estimate of drug-likeness (QED) is 0.748. The lowest BCUT2D eigenvalue weighted by molar-refractivity contribution is -0.136. The number of carbonyl (C=O) groups is 2. The second-order valence-corrected chi connectivity index (χ2v) is 5.68. The fourth-order valence-electron chi connectivity index (χ4n) is 2.57. The molecule has 2 rings (SSSR count). The molecule has 2 aromatic rings. The molecule has 0 radical (unpaired) electrons. The van der Waals surface area contributed by atoms with Crippen molar-refractivity contribution in [2.75, 3.05) is 26.1 Å². The number of carbonyl (C=O) groups excluding carboxylic acids is 2. The third-order valence-corrected chi connectivity index (χ3v) is 4.05. The molecular weight excluding hydrogens is 332 g/mol. The highest BCUT2D eigenvalue weighted by molar-refractivity contribution is 6.39. The molecule has 0 saturated heterocycles. The molecule has 1 atom stereocenters. The maximum atomic E-state index is 12.1.